The monoisotopic (exact) mass is 243 g/mol. The molecule has 6 nitrogen and oxygen atoms in total. The third kappa shape index (κ3) is 4.60. The number of carbonyl (C=O) groups is 2. The predicted octanol–water partition coefficient (Wildman–Crippen LogP) is -0.147. The molecular formula is C11H21N3O3. The van der Waals surface area contributed by atoms with Crippen molar-refractivity contribution in [1.29, 1.82) is 0 Å². The van der Waals surface area contributed by atoms with E-state index in [1.807, 2.05) is 0 Å². The molecule has 0 aliphatic heterocycles. The summed E-state index contributed by atoms with van der Waals surface area (Å²) in [4.78, 5) is 22.3. The Bertz CT molecular complexity index is 283. The minimum Gasteiger partial charge on any atom is -0.391 e. The number of aliphatic hydroxyl groups excluding tert-OH is 1. The summed E-state index contributed by atoms with van der Waals surface area (Å²) in [6.07, 6.45) is 4.06. The maximum atomic E-state index is 11.7. The molecule has 0 bridgehead atoms. The standard InChI is InChI=1S/C11H21N3O3/c1-7(13-11(12)17)10(16)14-8-5-3-2-4-6-9(8)15/h7-9,15H,2-6H2,1H3,(H,14,16)(H3,12,13,17). The van der Waals surface area contributed by atoms with Crippen LogP contribution in [-0.2, 0) is 4.79 Å². The summed E-state index contributed by atoms with van der Waals surface area (Å²) in [5.41, 5.74) is 4.94. The molecule has 0 aromatic carbocycles. The van der Waals surface area contributed by atoms with Gasteiger partial charge in [0.1, 0.15) is 6.04 Å². The molecule has 3 atom stereocenters. The number of hydrogen-bond donors (Lipinski definition) is 4. The van der Waals surface area contributed by atoms with Crippen LogP contribution in [0.25, 0.3) is 0 Å². The van der Waals surface area contributed by atoms with Crippen LogP contribution in [0.5, 0.6) is 0 Å². The molecule has 5 N–H and O–H groups in total. The van der Waals surface area contributed by atoms with E-state index in [9.17, 15) is 14.7 Å². The number of rotatable bonds is 3. The first kappa shape index (κ1) is 13.8. The van der Waals surface area contributed by atoms with Gasteiger partial charge in [-0.15, -0.1) is 0 Å². The van der Waals surface area contributed by atoms with Gasteiger partial charge < -0.3 is 21.5 Å². The molecule has 0 heterocycles. The van der Waals surface area contributed by atoms with Gasteiger partial charge in [0.05, 0.1) is 12.1 Å². The predicted molar refractivity (Wildman–Crippen MR) is 63.2 cm³/mol. The number of nitrogens with one attached hydrogen (secondary N) is 2. The Morgan fingerprint density at radius 3 is 2.59 bits per heavy atom. The van der Waals surface area contributed by atoms with Crippen molar-refractivity contribution in [2.24, 2.45) is 5.73 Å². The normalized spacial score (nSPS) is 26.7. The fraction of sp³-hybridized carbons (Fsp3) is 0.818. The zero-order valence-electron chi connectivity index (χ0n) is 10.1. The second kappa shape index (κ2) is 6.44. The maximum absolute atomic E-state index is 11.7. The van der Waals surface area contributed by atoms with Crippen LogP contribution < -0.4 is 16.4 Å². The molecule has 1 fully saturated rings. The van der Waals surface area contributed by atoms with E-state index in [0.717, 1.165) is 25.7 Å². The van der Waals surface area contributed by atoms with Crippen LogP contribution in [0.4, 0.5) is 4.79 Å². The van der Waals surface area contributed by atoms with Crippen LogP contribution in [0.2, 0.25) is 0 Å². The maximum Gasteiger partial charge on any atom is 0.312 e. The highest BCUT2D eigenvalue weighted by atomic mass is 16.3. The molecular weight excluding hydrogens is 222 g/mol. The molecule has 3 amide bonds. The lowest BCUT2D eigenvalue weighted by molar-refractivity contribution is -0.124. The average molecular weight is 243 g/mol. The summed E-state index contributed by atoms with van der Waals surface area (Å²) in [7, 11) is 0. The molecule has 0 aromatic rings. The molecule has 1 aliphatic rings. The summed E-state index contributed by atoms with van der Waals surface area (Å²) >= 11 is 0. The molecule has 0 aromatic heterocycles. The minimum absolute atomic E-state index is 0.220. The van der Waals surface area contributed by atoms with Gasteiger partial charge in [0, 0.05) is 0 Å². The first-order valence-electron chi connectivity index (χ1n) is 6.05. The Morgan fingerprint density at radius 2 is 1.94 bits per heavy atom. The highest BCUT2D eigenvalue weighted by Gasteiger charge is 2.25. The quantitative estimate of drug-likeness (QED) is 0.518. The van der Waals surface area contributed by atoms with Gasteiger partial charge in [-0.1, -0.05) is 19.3 Å². The van der Waals surface area contributed by atoms with Crippen molar-refractivity contribution in [3.05, 3.63) is 0 Å². The molecule has 3 unspecified atom stereocenters. The molecule has 6 heteroatoms. The minimum atomic E-state index is -0.728. The first-order chi connectivity index (χ1) is 8.00. The Morgan fingerprint density at radius 1 is 1.29 bits per heavy atom. The second-order valence-corrected chi connectivity index (χ2v) is 4.55. The third-order valence-electron chi connectivity index (χ3n) is 3.06. The molecule has 1 aliphatic carbocycles. The SMILES string of the molecule is CC(NC(N)=O)C(=O)NC1CCCCCC1O. The van der Waals surface area contributed by atoms with Gasteiger partial charge in [-0.05, 0) is 19.8 Å². The average Bonchev–Trinajstić information content (AvgIpc) is 2.43. The number of hydrogen-bond acceptors (Lipinski definition) is 3. The van der Waals surface area contributed by atoms with Gasteiger partial charge >= 0.3 is 6.03 Å². The van der Waals surface area contributed by atoms with Crippen LogP contribution in [0.1, 0.15) is 39.0 Å². The van der Waals surface area contributed by atoms with E-state index in [4.69, 9.17) is 5.73 Å². The summed E-state index contributed by atoms with van der Waals surface area (Å²) < 4.78 is 0. The van der Waals surface area contributed by atoms with E-state index in [1.54, 1.807) is 6.92 Å². The molecule has 0 spiro atoms. The van der Waals surface area contributed by atoms with Crippen molar-refractivity contribution in [3.8, 4) is 0 Å². The van der Waals surface area contributed by atoms with E-state index >= 15 is 0 Å². The fourth-order valence-corrected chi connectivity index (χ4v) is 2.04. The van der Waals surface area contributed by atoms with Crippen molar-refractivity contribution >= 4 is 11.9 Å². The molecule has 17 heavy (non-hydrogen) atoms. The van der Waals surface area contributed by atoms with Gasteiger partial charge in [-0.25, -0.2) is 4.79 Å². The lowest BCUT2D eigenvalue weighted by Crippen LogP contribution is -2.52. The second-order valence-electron chi connectivity index (χ2n) is 4.55. The van der Waals surface area contributed by atoms with Crippen LogP contribution >= 0.6 is 0 Å². The molecule has 98 valence electrons. The van der Waals surface area contributed by atoms with Crippen molar-refractivity contribution in [2.45, 2.75) is 57.2 Å². The lowest BCUT2D eigenvalue weighted by atomic mass is 10.1. The lowest BCUT2D eigenvalue weighted by Gasteiger charge is -2.23. The fourth-order valence-electron chi connectivity index (χ4n) is 2.04. The van der Waals surface area contributed by atoms with Crippen molar-refractivity contribution in [1.82, 2.24) is 10.6 Å². The number of urea groups is 1. The Labute approximate surface area is 101 Å². The van der Waals surface area contributed by atoms with E-state index in [-0.39, 0.29) is 11.9 Å². The number of amides is 3. The van der Waals surface area contributed by atoms with Gasteiger partial charge in [0.15, 0.2) is 0 Å². The van der Waals surface area contributed by atoms with Crippen molar-refractivity contribution < 1.29 is 14.7 Å². The smallest absolute Gasteiger partial charge is 0.312 e. The molecule has 1 rings (SSSR count). The Hall–Kier alpha value is -1.30. The number of nitrogens with two attached hydrogens (primary N) is 1. The number of aliphatic hydroxyl groups is 1. The van der Waals surface area contributed by atoms with Gasteiger partial charge in [0.2, 0.25) is 5.91 Å². The van der Waals surface area contributed by atoms with E-state index in [1.165, 1.54) is 0 Å². The molecule has 0 radical (unpaired) electrons. The van der Waals surface area contributed by atoms with Gasteiger partial charge in [-0.3, -0.25) is 4.79 Å². The van der Waals surface area contributed by atoms with Gasteiger partial charge in [0.25, 0.3) is 0 Å². The van der Waals surface area contributed by atoms with Crippen LogP contribution in [0.3, 0.4) is 0 Å². The zero-order valence-corrected chi connectivity index (χ0v) is 10.1. The largest absolute Gasteiger partial charge is 0.391 e. The van der Waals surface area contributed by atoms with E-state index in [2.05, 4.69) is 10.6 Å². The zero-order chi connectivity index (χ0) is 12.8. The topological polar surface area (TPSA) is 104 Å². The highest BCUT2D eigenvalue weighted by Crippen LogP contribution is 2.18. The third-order valence-corrected chi connectivity index (χ3v) is 3.06. The molecule has 1 saturated carbocycles. The van der Waals surface area contributed by atoms with Crippen LogP contribution in [0.15, 0.2) is 0 Å². The highest BCUT2D eigenvalue weighted by molar-refractivity contribution is 5.86. The van der Waals surface area contributed by atoms with E-state index in [0.29, 0.717) is 6.42 Å². The molecule has 0 saturated heterocycles. The number of carbonyl (C=O) groups excluding carboxylic acids is 2. The van der Waals surface area contributed by atoms with E-state index < -0.39 is 18.2 Å². The number of primary amides is 1. The summed E-state index contributed by atoms with van der Waals surface area (Å²) in [5, 5.41) is 14.9. The summed E-state index contributed by atoms with van der Waals surface area (Å²) in [6.45, 7) is 1.56. The van der Waals surface area contributed by atoms with Crippen molar-refractivity contribution in [3.63, 3.8) is 0 Å². The van der Waals surface area contributed by atoms with Crippen molar-refractivity contribution in [2.75, 3.05) is 0 Å². The van der Waals surface area contributed by atoms with Crippen LogP contribution in [-0.4, -0.2) is 35.2 Å². The Kier molecular flexibility index (Phi) is 5.21. The summed E-state index contributed by atoms with van der Waals surface area (Å²) in [6, 6.07) is -1.63. The van der Waals surface area contributed by atoms with Crippen LogP contribution in [0, 0.1) is 0 Å². The summed E-state index contributed by atoms with van der Waals surface area (Å²) in [5.74, 6) is -0.310. The Balaban J connectivity index is 2.45. The first-order valence-corrected chi connectivity index (χ1v) is 6.05. The van der Waals surface area contributed by atoms with Gasteiger partial charge in [-0.2, -0.15) is 0 Å².